The monoisotopic (exact) mass is 877 g/mol. The van der Waals surface area contributed by atoms with Crippen molar-refractivity contribution in [1.29, 1.82) is 0 Å². The molecule has 66 heavy (non-hydrogen) atoms. The van der Waals surface area contributed by atoms with Crippen molar-refractivity contribution in [1.82, 2.24) is 28.4 Å². The smallest absolute Gasteiger partial charge is 0.0489 e. The fourth-order valence-corrected chi connectivity index (χ4v) is 16.2. The lowest BCUT2D eigenvalue weighted by molar-refractivity contribution is 0.119. The molecule has 4 aromatic carbocycles. The molecule has 13 rings (SSSR count). The number of fused-ring (bicyclic) bond motifs is 6. The second-order valence-electron chi connectivity index (χ2n) is 23.4. The number of hydrogen-bond donors (Lipinski definition) is 0. The normalized spacial score (nSPS) is 28.6. The van der Waals surface area contributed by atoms with Gasteiger partial charge in [0.1, 0.15) is 0 Å². The van der Waals surface area contributed by atoms with Crippen molar-refractivity contribution in [2.24, 2.45) is 17.8 Å². The van der Waals surface area contributed by atoms with E-state index in [0.717, 1.165) is 56.7 Å². The molecule has 0 spiro atoms. The summed E-state index contributed by atoms with van der Waals surface area (Å²) in [5.41, 5.74) is 22.6. The van der Waals surface area contributed by atoms with Crippen LogP contribution >= 0.6 is 0 Å². The second kappa shape index (κ2) is 15.2. The summed E-state index contributed by atoms with van der Waals surface area (Å²) >= 11 is 0. The third kappa shape index (κ3) is 6.15. The maximum absolute atomic E-state index is 2.67. The van der Waals surface area contributed by atoms with Crippen LogP contribution in [0.5, 0.6) is 0 Å². The molecule has 3 fully saturated rings. The Labute approximate surface area is 393 Å². The predicted octanol–water partition coefficient (Wildman–Crippen LogP) is 11.6. The number of likely N-dealkylation sites (tertiary alicyclic amines) is 3. The summed E-state index contributed by atoms with van der Waals surface area (Å²) in [6.45, 7) is 21.1. The molecule has 3 aliphatic carbocycles. The molecule has 0 bridgehead atoms. The molecular weight excluding hydrogens is 805 g/mol. The van der Waals surface area contributed by atoms with E-state index in [0.29, 0.717) is 35.9 Å². The van der Waals surface area contributed by atoms with E-state index in [4.69, 9.17) is 0 Å². The Morgan fingerprint density at radius 2 is 0.712 bits per heavy atom. The summed E-state index contributed by atoms with van der Waals surface area (Å²) in [7, 11) is 7.12. The first-order valence-corrected chi connectivity index (χ1v) is 25.9. The highest BCUT2D eigenvalue weighted by Gasteiger charge is 2.42. The third-order valence-electron chi connectivity index (χ3n) is 19.1. The van der Waals surface area contributed by atoms with Crippen LogP contribution in [0.1, 0.15) is 125 Å². The van der Waals surface area contributed by atoms with Crippen molar-refractivity contribution in [3.63, 3.8) is 0 Å². The van der Waals surface area contributed by atoms with Crippen molar-refractivity contribution < 1.29 is 0 Å². The lowest BCUT2D eigenvalue weighted by Crippen LogP contribution is -2.47. The molecule has 3 saturated heterocycles. The summed E-state index contributed by atoms with van der Waals surface area (Å²) in [5, 5.41) is 4.64. The fourth-order valence-electron chi connectivity index (χ4n) is 16.2. The van der Waals surface area contributed by atoms with Crippen molar-refractivity contribution in [2.45, 2.75) is 136 Å². The van der Waals surface area contributed by atoms with Crippen LogP contribution in [0.2, 0.25) is 0 Å². The molecule has 7 aromatic rings. The van der Waals surface area contributed by atoms with Gasteiger partial charge in [-0.2, -0.15) is 0 Å². The van der Waals surface area contributed by atoms with Crippen LogP contribution in [-0.2, 0) is 38.9 Å². The summed E-state index contributed by atoms with van der Waals surface area (Å²) in [5.74, 6) is 4.02. The summed E-state index contributed by atoms with van der Waals surface area (Å²) < 4.78 is 7.96. The van der Waals surface area contributed by atoms with Crippen molar-refractivity contribution in [3.8, 4) is 0 Å². The third-order valence-corrected chi connectivity index (χ3v) is 19.1. The van der Waals surface area contributed by atoms with E-state index in [-0.39, 0.29) is 0 Å². The van der Waals surface area contributed by atoms with Crippen LogP contribution in [0.4, 0.5) is 0 Å². The Hall–Kier alpha value is -4.62. The van der Waals surface area contributed by atoms with E-state index >= 15 is 0 Å². The van der Waals surface area contributed by atoms with Crippen molar-refractivity contribution in [3.05, 3.63) is 140 Å². The van der Waals surface area contributed by atoms with Crippen LogP contribution in [0.3, 0.4) is 0 Å². The Balaban J connectivity index is 0.950. The maximum atomic E-state index is 2.67. The van der Waals surface area contributed by atoms with Gasteiger partial charge in [0.2, 0.25) is 0 Å². The van der Waals surface area contributed by atoms with E-state index in [1.807, 2.05) is 0 Å². The largest absolute Gasteiger partial charge is 0.343 e. The minimum Gasteiger partial charge on any atom is -0.343 e. The first-order chi connectivity index (χ1) is 31.9. The summed E-state index contributed by atoms with van der Waals surface area (Å²) in [6, 6.07) is 23.5. The molecule has 0 unspecified atom stereocenters. The number of piperidine rings is 3. The van der Waals surface area contributed by atoms with Crippen LogP contribution in [0.25, 0.3) is 32.7 Å². The highest BCUT2D eigenvalue weighted by molar-refractivity contribution is 5.91. The molecule has 6 nitrogen and oxygen atoms in total. The van der Waals surface area contributed by atoms with Gasteiger partial charge in [-0.15, -0.1) is 0 Å². The minimum atomic E-state index is 0.590. The maximum Gasteiger partial charge on any atom is 0.0489 e. The molecule has 0 saturated carbocycles. The van der Waals surface area contributed by atoms with Crippen molar-refractivity contribution >= 4 is 32.7 Å². The average molecular weight is 877 g/mol. The molecule has 0 radical (unpaired) electrons. The highest BCUT2D eigenvalue weighted by Crippen LogP contribution is 2.49. The Kier molecular flexibility index (Phi) is 9.57. The summed E-state index contributed by atoms with van der Waals surface area (Å²) in [6.07, 6.45) is 15.0. The lowest BCUT2D eigenvalue weighted by atomic mass is 9.73. The topological polar surface area (TPSA) is 24.5 Å². The second-order valence-corrected chi connectivity index (χ2v) is 23.4. The molecule has 6 heterocycles. The lowest BCUT2D eigenvalue weighted by Gasteiger charge is -2.44. The Bertz CT molecular complexity index is 2750. The number of benzene rings is 4. The molecule has 6 aliphatic rings. The van der Waals surface area contributed by atoms with E-state index in [1.165, 1.54) is 88.8 Å². The molecule has 0 N–H and O–H groups in total. The number of rotatable bonds is 6. The Morgan fingerprint density at radius 3 is 1.00 bits per heavy atom. The standard InChI is InChI=1S/C60H72N6/c1-34-19-46-43-13-10-16-52-58(43)40(22-55(46)61(7)25-34)28-64(52)31-49-37(4)50(32-65-29-41-23-56-47(20-35(2)26-62(56)8)44-14-11-17-53(65)59(41)44)39(6)51(38(49)5)33-66-30-42-24-57-48(21-36(3)27-63(57)9)45-15-12-18-54(66)60(42)45/h10-18,28-30,34-36,46-48,55-57H,19-27,31-33H2,1-9H3/t34-,35-,36-,46-,47-,48-,55-,56-,57-/m1/s1. The minimum absolute atomic E-state index is 0.590. The van der Waals surface area contributed by atoms with Crippen LogP contribution in [-0.4, -0.2) is 87.3 Å². The van der Waals surface area contributed by atoms with E-state index in [2.05, 4.69) is 164 Å². The van der Waals surface area contributed by atoms with Gasteiger partial charge in [-0.25, -0.2) is 0 Å². The molecular formula is C60H72N6. The molecule has 3 aromatic heterocycles. The molecule has 6 heteroatoms. The van der Waals surface area contributed by atoms with Gasteiger partial charge in [0, 0.05) is 126 Å². The zero-order chi connectivity index (χ0) is 45.0. The Morgan fingerprint density at radius 1 is 0.424 bits per heavy atom. The van der Waals surface area contributed by atoms with Gasteiger partial charge in [0.15, 0.2) is 0 Å². The highest BCUT2D eigenvalue weighted by atomic mass is 15.2. The molecule has 342 valence electrons. The van der Waals surface area contributed by atoms with Crippen LogP contribution < -0.4 is 0 Å². The fraction of sp³-hybridized carbons (Fsp3) is 0.500. The number of hydrogen-bond acceptors (Lipinski definition) is 3. The van der Waals surface area contributed by atoms with Gasteiger partial charge in [0.05, 0.1) is 0 Å². The molecule has 3 aliphatic heterocycles. The first kappa shape index (κ1) is 41.6. The van der Waals surface area contributed by atoms with E-state index in [1.54, 1.807) is 49.5 Å². The van der Waals surface area contributed by atoms with Crippen molar-refractivity contribution in [2.75, 3.05) is 40.8 Å². The number of likely N-dealkylation sites (N-methyl/N-ethyl adjacent to an activating group) is 3. The predicted molar refractivity (Wildman–Crippen MR) is 274 cm³/mol. The first-order valence-electron chi connectivity index (χ1n) is 25.9. The number of nitrogens with zero attached hydrogens (tertiary/aromatic N) is 6. The quantitative estimate of drug-likeness (QED) is 0.166. The van der Waals surface area contributed by atoms with Gasteiger partial charge < -0.3 is 28.4 Å². The SMILES string of the molecule is Cc1c(Cn2cc3c4c(cccc42)[C@H]2C[C@@H](C)CN(C)[C@@H]2C3)c(C)c(Cn2cc3c4c(cccc42)[C@H]2C[C@@H](C)CN(C)[C@@H]2C3)c(C)c1Cn1cc2c3c(cccc31)[C@H]1C[C@@H](C)CN(C)[C@@H]1C2. The zero-order valence-corrected chi connectivity index (χ0v) is 41.3. The zero-order valence-electron chi connectivity index (χ0n) is 41.3. The van der Waals surface area contributed by atoms with Gasteiger partial charge in [-0.1, -0.05) is 57.2 Å². The molecule has 0 amide bonds. The van der Waals surface area contributed by atoms with Gasteiger partial charge >= 0.3 is 0 Å². The average Bonchev–Trinajstić information content (AvgIpc) is 3.96. The van der Waals surface area contributed by atoms with E-state index < -0.39 is 0 Å². The summed E-state index contributed by atoms with van der Waals surface area (Å²) in [4.78, 5) is 8.01. The number of aromatic nitrogens is 3. The van der Waals surface area contributed by atoms with Gasteiger partial charge in [-0.05, 0) is 183 Å². The van der Waals surface area contributed by atoms with Crippen LogP contribution in [0.15, 0.2) is 73.2 Å². The van der Waals surface area contributed by atoms with Gasteiger partial charge in [-0.3, -0.25) is 0 Å². The van der Waals surface area contributed by atoms with Crippen LogP contribution in [0, 0.1) is 38.5 Å². The van der Waals surface area contributed by atoms with Gasteiger partial charge in [0.25, 0.3) is 0 Å². The van der Waals surface area contributed by atoms with E-state index in [9.17, 15) is 0 Å². The molecule has 9 atom stereocenters.